The number of carboxylic acids is 1. The Kier molecular flexibility index (Phi) is 3.30. The maximum Gasteiger partial charge on any atom is 0.309 e. The van der Waals surface area contributed by atoms with Gasteiger partial charge >= 0.3 is 5.97 Å². The van der Waals surface area contributed by atoms with Crippen LogP contribution in [0.3, 0.4) is 0 Å². The topological polar surface area (TPSA) is 57.5 Å². The highest BCUT2D eigenvalue weighted by atomic mass is 16.4. The Balaban J connectivity index is 1.75. The van der Waals surface area contributed by atoms with Gasteiger partial charge in [-0.1, -0.05) is 19.4 Å². The third-order valence-corrected chi connectivity index (χ3v) is 8.46. The van der Waals surface area contributed by atoms with Crippen LogP contribution in [0.25, 0.3) is 0 Å². The molecule has 2 bridgehead atoms. The Morgan fingerprint density at radius 1 is 1.17 bits per heavy atom. The van der Waals surface area contributed by atoms with Crippen LogP contribution in [0.15, 0.2) is 11.6 Å². The first-order valence-corrected chi connectivity index (χ1v) is 9.42. The van der Waals surface area contributed by atoms with Crippen LogP contribution >= 0.6 is 0 Å². The zero-order valence-electron chi connectivity index (χ0n) is 14.5. The average Bonchev–Trinajstić information content (AvgIpc) is 2.77. The first kappa shape index (κ1) is 15.7. The maximum atomic E-state index is 12.0. The second-order valence-electron chi connectivity index (χ2n) is 9.31. The summed E-state index contributed by atoms with van der Waals surface area (Å²) in [6, 6.07) is 0. The predicted octanol–water partition coefficient (Wildman–Crippen LogP) is 4.01. The number of carboxylic acid groups (broad SMARTS) is 1. The summed E-state index contributed by atoms with van der Waals surface area (Å²) in [4.78, 5) is 12.0. The quantitative estimate of drug-likeness (QED) is 0.756. The zero-order valence-corrected chi connectivity index (χ0v) is 14.5. The minimum atomic E-state index is -0.587. The Bertz CT molecular complexity index is 567. The number of rotatable bonds is 2. The summed E-state index contributed by atoms with van der Waals surface area (Å²) in [7, 11) is 0. The van der Waals surface area contributed by atoms with E-state index in [1.165, 1.54) is 31.3 Å². The third kappa shape index (κ3) is 1.89. The van der Waals surface area contributed by atoms with Crippen molar-refractivity contribution in [3.63, 3.8) is 0 Å². The number of hydrogen-bond acceptors (Lipinski definition) is 2. The Hall–Kier alpha value is -0.830. The SMILES string of the molecule is C[C@]12CCC[C@](C)(C(=O)O)[C@@H]1CC[C@]13C=C(CO)[C@@H](CC[C@@H]12)C3. The molecule has 1 spiro atoms. The van der Waals surface area contributed by atoms with E-state index < -0.39 is 11.4 Å². The van der Waals surface area contributed by atoms with E-state index >= 15 is 0 Å². The van der Waals surface area contributed by atoms with Gasteiger partial charge in [-0.05, 0) is 86.0 Å². The van der Waals surface area contributed by atoms with Gasteiger partial charge in [0, 0.05) is 0 Å². The molecule has 0 radical (unpaired) electrons. The van der Waals surface area contributed by atoms with Gasteiger partial charge in [0.25, 0.3) is 0 Å². The van der Waals surface area contributed by atoms with E-state index in [0.29, 0.717) is 17.8 Å². The molecule has 3 heteroatoms. The van der Waals surface area contributed by atoms with E-state index in [1.807, 2.05) is 6.92 Å². The highest BCUT2D eigenvalue weighted by Gasteiger charge is 2.64. The van der Waals surface area contributed by atoms with Gasteiger partial charge < -0.3 is 10.2 Å². The first-order valence-electron chi connectivity index (χ1n) is 9.42. The highest BCUT2D eigenvalue weighted by molar-refractivity contribution is 5.75. The molecular weight excluding hydrogens is 288 g/mol. The van der Waals surface area contributed by atoms with Gasteiger partial charge in [0.15, 0.2) is 0 Å². The molecule has 0 heterocycles. The standard InChI is InChI=1S/C20H30O3/c1-18-7-3-8-19(2,17(22)23)15(18)6-9-20-10-13(4-5-16(18)20)14(11-20)12-21/h11,13,15-16,21H,3-10,12H2,1-2H3,(H,22,23)/t13-,15+,16+,18-,19-,20-/m0/s1. The van der Waals surface area contributed by atoms with Crippen LogP contribution in [0.5, 0.6) is 0 Å². The fraction of sp³-hybridized carbons (Fsp3) is 0.850. The van der Waals surface area contributed by atoms with Crippen molar-refractivity contribution >= 4 is 5.97 Å². The summed E-state index contributed by atoms with van der Waals surface area (Å²) in [5.41, 5.74) is 1.12. The number of fused-ring (bicyclic) bond motifs is 3. The Morgan fingerprint density at radius 3 is 2.65 bits per heavy atom. The van der Waals surface area contributed by atoms with Crippen LogP contribution in [0.2, 0.25) is 0 Å². The summed E-state index contributed by atoms with van der Waals surface area (Å²) in [6.07, 6.45) is 11.3. The Labute approximate surface area is 139 Å². The van der Waals surface area contributed by atoms with Crippen molar-refractivity contribution in [1.29, 1.82) is 0 Å². The van der Waals surface area contributed by atoms with Crippen molar-refractivity contribution < 1.29 is 15.0 Å². The molecule has 0 unspecified atom stereocenters. The van der Waals surface area contributed by atoms with E-state index in [1.54, 1.807) is 0 Å². The van der Waals surface area contributed by atoms with Crippen molar-refractivity contribution in [1.82, 2.24) is 0 Å². The minimum absolute atomic E-state index is 0.149. The summed E-state index contributed by atoms with van der Waals surface area (Å²) in [5.74, 6) is 0.912. The number of carbonyl (C=O) groups is 1. The molecule has 0 saturated heterocycles. The first-order chi connectivity index (χ1) is 10.9. The summed E-state index contributed by atoms with van der Waals surface area (Å²) in [5, 5.41) is 19.6. The van der Waals surface area contributed by atoms with Crippen LogP contribution in [-0.2, 0) is 4.79 Å². The lowest BCUT2D eigenvalue weighted by Crippen LogP contribution is -2.58. The summed E-state index contributed by atoms with van der Waals surface area (Å²) < 4.78 is 0. The lowest BCUT2D eigenvalue weighted by Gasteiger charge is -2.63. The molecule has 2 N–H and O–H groups in total. The molecule has 4 aliphatic carbocycles. The van der Waals surface area contributed by atoms with Crippen LogP contribution < -0.4 is 0 Å². The average molecular weight is 318 g/mol. The lowest BCUT2D eigenvalue weighted by molar-refractivity contribution is -0.177. The van der Waals surface area contributed by atoms with Crippen molar-refractivity contribution in [3.8, 4) is 0 Å². The Morgan fingerprint density at radius 2 is 1.96 bits per heavy atom. The van der Waals surface area contributed by atoms with E-state index in [4.69, 9.17) is 0 Å². The van der Waals surface area contributed by atoms with Crippen LogP contribution in [0, 0.1) is 34.0 Å². The van der Waals surface area contributed by atoms with Crippen molar-refractivity contribution in [2.75, 3.05) is 6.61 Å². The molecule has 3 nitrogen and oxygen atoms in total. The fourth-order valence-corrected chi connectivity index (χ4v) is 7.48. The molecule has 0 amide bonds. The molecule has 0 aromatic heterocycles. The van der Waals surface area contributed by atoms with E-state index in [9.17, 15) is 15.0 Å². The molecule has 4 rings (SSSR count). The van der Waals surface area contributed by atoms with Gasteiger partial charge in [0.1, 0.15) is 0 Å². The number of allylic oxidation sites excluding steroid dienone is 1. The normalized spacial score (nSPS) is 51.6. The number of aliphatic carboxylic acids is 1. The molecule has 4 aliphatic rings. The molecule has 0 aromatic rings. The molecule has 128 valence electrons. The van der Waals surface area contributed by atoms with Gasteiger partial charge in [-0.25, -0.2) is 0 Å². The molecule has 3 fully saturated rings. The smallest absolute Gasteiger partial charge is 0.309 e. The van der Waals surface area contributed by atoms with Gasteiger partial charge in [-0.2, -0.15) is 0 Å². The maximum absolute atomic E-state index is 12.0. The highest BCUT2D eigenvalue weighted by Crippen LogP contribution is 2.70. The second kappa shape index (κ2) is 4.84. The largest absolute Gasteiger partial charge is 0.481 e. The van der Waals surface area contributed by atoms with Crippen molar-refractivity contribution in [2.24, 2.45) is 34.0 Å². The summed E-state index contributed by atoms with van der Waals surface area (Å²) >= 11 is 0. The molecular formula is C20H30O3. The minimum Gasteiger partial charge on any atom is -0.481 e. The van der Waals surface area contributed by atoms with Crippen LogP contribution in [0.4, 0.5) is 0 Å². The van der Waals surface area contributed by atoms with Gasteiger partial charge in [-0.15, -0.1) is 0 Å². The van der Waals surface area contributed by atoms with E-state index in [0.717, 1.165) is 25.7 Å². The van der Waals surface area contributed by atoms with Crippen molar-refractivity contribution in [2.45, 2.75) is 65.2 Å². The molecule has 23 heavy (non-hydrogen) atoms. The molecule has 6 atom stereocenters. The van der Waals surface area contributed by atoms with E-state index in [-0.39, 0.29) is 17.4 Å². The van der Waals surface area contributed by atoms with E-state index in [2.05, 4.69) is 13.0 Å². The number of aliphatic hydroxyl groups is 1. The monoisotopic (exact) mass is 318 g/mol. The van der Waals surface area contributed by atoms with Crippen LogP contribution in [-0.4, -0.2) is 22.8 Å². The summed E-state index contributed by atoms with van der Waals surface area (Å²) in [6.45, 7) is 4.62. The zero-order chi connectivity index (χ0) is 16.5. The second-order valence-corrected chi connectivity index (χ2v) is 9.31. The molecule has 0 aliphatic heterocycles. The van der Waals surface area contributed by atoms with Crippen LogP contribution in [0.1, 0.15) is 65.2 Å². The third-order valence-electron chi connectivity index (χ3n) is 8.46. The van der Waals surface area contributed by atoms with Gasteiger partial charge in [-0.3, -0.25) is 4.79 Å². The van der Waals surface area contributed by atoms with Gasteiger partial charge in [0.05, 0.1) is 12.0 Å². The fourth-order valence-electron chi connectivity index (χ4n) is 7.48. The molecule has 0 aromatic carbocycles. The van der Waals surface area contributed by atoms with Gasteiger partial charge in [0.2, 0.25) is 0 Å². The number of aliphatic hydroxyl groups excluding tert-OH is 1. The lowest BCUT2D eigenvalue weighted by atomic mass is 9.41. The van der Waals surface area contributed by atoms with Crippen molar-refractivity contribution in [3.05, 3.63) is 11.6 Å². The predicted molar refractivity (Wildman–Crippen MR) is 88.9 cm³/mol. The number of hydrogen-bond donors (Lipinski definition) is 2. The molecule has 3 saturated carbocycles.